The summed E-state index contributed by atoms with van der Waals surface area (Å²) in [7, 11) is 0. The highest BCUT2D eigenvalue weighted by molar-refractivity contribution is 5.83. The zero-order chi connectivity index (χ0) is 21.5. The third-order valence-corrected chi connectivity index (χ3v) is 6.86. The largest absolute Gasteiger partial charge is 0.392 e. The molecule has 0 bridgehead atoms. The molecule has 162 valence electrons. The summed E-state index contributed by atoms with van der Waals surface area (Å²) in [6, 6.07) is 14.1. The molecule has 0 saturated carbocycles. The summed E-state index contributed by atoms with van der Waals surface area (Å²) in [5, 5.41) is 10.3. The number of amides is 1. The van der Waals surface area contributed by atoms with Crippen LogP contribution in [0.2, 0.25) is 0 Å². The van der Waals surface area contributed by atoms with Gasteiger partial charge < -0.3 is 15.0 Å². The summed E-state index contributed by atoms with van der Waals surface area (Å²) in [4.78, 5) is 26.1. The van der Waals surface area contributed by atoms with E-state index in [9.17, 15) is 9.90 Å². The van der Waals surface area contributed by atoms with Crippen molar-refractivity contribution in [2.75, 3.05) is 13.1 Å². The lowest BCUT2D eigenvalue weighted by Crippen LogP contribution is -2.45. The van der Waals surface area contributed by atoms with Gasteiger partial charge in [0.15, 0.2) is 0 Å². The number of aryl methyl sites for hydroxylation is 2. The van der Waals surface area contributed by atoms with E-state index in [4.69, 9.17) is 4.98 Å². The lowest BCUT2D eigenvalue weighted by molar-refractivity contribution is -0.137. The molecule has 2 saturated heterocycles. The number of carbonyl (C=O) groups excluding carboxylic acids is 1. The number of aromatic nitrogens is 2. The van der Waals surface area contributed by atoms with Gasteiger partial charge in [-0.05, 0) is 61.9 Å². The van der Waals surface area contributed by atoms with Crippen LogP contribution in [0.15, 0.2) is 42.5 Å². The number of likely N-dealkylation sites (tertiary alicyclic amines) is 2. The summed E-state index contributed by atoms with van der Waals surface area (Å²) < 4.78 is 0. The number of imidazole rings is 1. The molecule has 31 heavy (non-hydrogen) atoms. The van der Waals surface area contributed by atoms with Gasteiger partial charge in [0.25, 0.3) is 0 Å². The van der Waals surface area contributed by atoms with E-state index in [0.717, 1.165) is 41.8 Å². The number of H-pyrrole nitrogens is 1. The third kappa shape index (κ3) is 3.86. The molecular formula is C25H30N4O2. The monoisotopic (exact) mass is 418 g/mol. The van der Waals surface area contributed by atoms with E-state index in [1.807, 2.05) is 23.1 Å². The molecule has 2 aliphatic heterocycles. The van der Waals surface area contributed by atoms with E-state index >= 15 is 0 Å². The standard InChI is InChI=1S/C25H30N4O2/c1-16-11-20-21(12-17(16)2)27-24(26-20)22-9-6-10-29(22)25(31)23-13-19(30)15-28(23)14-18-7-4-3-5-8-18/h3-5,7-8,11-12,19,22-23,30H,6,9-10,13-15H2,1-2H3,(H,26,27). The number of fused-ring (bicyclic) bond motifs is 1. The molecule has 6 nitrogen and oxygen atoms in total. The molecule has 6 heteroatoms. The number of hydrogen-bond donors (Lipinski definition) is 2. The number of nitrogens with one attached hydrogen (secondary N) is 1. The SMILES string of the molecule is Cc1cc2nc(C3CCCN3C(=O)C3CC(O)CN3Cc3ccccc3)[nH]c2cc1C. The van der Waals surface area contributed by atoms with Gasteiger partial charge in [-0.1, -0.05) is 30.3 Å². The number of aliphatic hydroxyl groups excluding tert-OH is 1. The fraction of sp³-hybridized carbons (Fsp3) is 0.440. The van der Waals surface area contributed by atoms with E-state index in [0.29, 0.717) is 19.5 Å². The van der Waals surface area contributed by atoms with Gasteiger partial charge in [-0.2, -0.15) is 0 Å². The van der Waals surface area contributed by atoms with Crippen molar-refractivity contribution in [3.05, 3.63) is 65.0 Å². The predicted octanol–water partition coefficient (Wildman–Crippen LogP) is 3.48. The molecule has 1 amide bonds. The maximum absolute atomic E-state index is 13.6. The molecule has 5 rings (SSSR count). The van der Waals surface area contributed by atoms with Crippen molar-refractivity contribution in [3.63, 3.8) is 0 Å². The maximum Gasteiger partial charge on any atom is 0.240 e. The Kier molecular flexibility index (Phi) is 5.28. The third-order valence-electron chi connectivity index (χ3n) is 6.86. The maximum atomic E-state index is 13.6. The molecule has 0 aliphatic carbocycles. The van der Waals surface area contributed by atoms with Crippen LogP contribution in [-0.4, -0.2) is 56.0 Å². The molecule has 3 aromatic rings. The van der Waals surface area contributed by atoms with Crippen LogP contribution in [0, 0.1) is 13.8 Å². The minimum absolute atomic E-state index is 0.0307. The average molecular weight is 419 g/mol. The lowest BCUT2D eigenvalue weighted by Gasteiger charge is -2.30. The summed E-state index contributed by atoms with van der Waals surface area (Å²) >= 11 is 0. The second kappa shape index (κ2) is 8.09. The fourth-order valence-electron chi connectivity index (χ4n) is 5.08. The first-order chi connectivity index (χ1) is 15.0. The number of β-amino-alcohol motifs (C(OH)–C–C–N with tert-alkyl or cyclic N) is 1. The van der Waals surface area contributed by atoms with Crippen LogP contribution >= 0.6 is 0 Å². The number of hydrogen-bond acceptors (Lipinski definition) is 4. The van der Waals surface area contributed by atoms with Gasteiger partial charge in [-0.15, -0.1) is 0 Å². The van der Waals surface area contributed by atoms with E-state index in [1.165, 1.54) is 11.1 Å². The van der Waals surface area contributed by atoms with Gasteiger partial charge in [0.1, 0.15) is 5.82 Å². The normalized spacial score (nSPS) is 24.4. The molecule has 3 unspecified atom stereocenters. The number of benzene rings is 2. The highest BCUT2D eigenvalue weighted by Gasteiger charge is 2.42. The zero-order valence-corrected chi connectivity index (χ0v) is 18.2. The Morgan fingerprint density at radius 3 is 2.77 bits per heavy atom. The first-order valence-electron chi connectivity index (χ1n) is 11.2. The van der Waals surface area contributed by atoms with Crippen LogP contribution in [0.4, 0.5) is 0 Å². The van der Waals surface area contributed by atoms with E-state index in [-0.39, 0.29) is 18.0 Å². The molecule has 2 fully saturated rings. The molecule has 3 heterocycles. The van der Waals surface area contributed by atoms with Gasteiger partial charge >= 0.3 is 0 Å². The quantitative estimate of drug-likeness (QED) is 0.680. The number of aromatic amines is 1. The Hall–Kier alpha value is -2.70. The Morgan fingerprint density at radius 2 is 1.97 bits per heavy atom. The van der Waals surface area contributed by atoms with Crippen LogP contribution in [0.1, 0.15) is 47.8 Å². The first-order valence-corrected chi connectivity index (χ1v) is 11.2. The van der Waals surface area contributed by atoms with E-state index < -0.39 is 6.10 Å². The number of nitrogens with zero attached hydrogens (tertiary/aromatic N) is 3. The lowest BCUT2D eigenvalue weighted by atomic mass is 10.1. The van der Waals surface area contributed by atoms with Gasteiger partial charge in [0, 0.05) is 19.6 Å². The van der Waals surface area contributed by atoms with Crippen molar-refractivity contribution < 1.29 is 9.90 Å². The summed E-state index contributed by atoms with van der Waals surface area (Å²) in [5.74, 6) is 0.988. The van der Waals surface area contributed by atoms with E-state index in [2.05, 4.69) is 48.0 Å². The summed E-state index contributed by atoms with van der Waals surface area (Å²) in [5.41, 5.74) is 5.61. The molecule has 0 radical (unpaired) electrons. The van der Waals surface area contributed by atoms with Crippen molar-refractivity contribution in [1.82, 2.24) is 19.8 Å². The van der Waals surface area contributed by atoms with Crippen molar-refractivity contribution in [3.8, 4) is 0 Å². The Bertz CT molecular complexity index is 1050. The Balaban J connectivity index is 1.38. The molecule has 2 aliphatic rings. The van der Waals surface area contributed by atoms with E-state index in [1.54, 1.807) is 0 Å². The number of aliphatic hydroxyl groups is 1. The average Bonchev–Trinajstić information content (AvgIpc) is 3.47. The minimum Gasteiger partial charge on any atom is -0.392 e. The van der Waals surface area contributed by atoms with Crippen molar-refractivity contribution in [1.29, 1.82) is 0 Å². The zero-order valence-electron chi connectivity index (χ0n) is 18.2. The van der Waals surface area contributed by atoms with Crippen LogP contribution < -0.4 is 0 Å². The fourth-order valence-corrected chi connectivity index (χ4v) is 5.08. The highest BCUT2D eigenvalue weighted by atomic mass is 16.3. The number of rotatable bonds is 4. The molecule has 2 N–H and O–H groups in total. The minimum atomic E-state index is -0.462. The van der Waals surface area contributed by atoms with Crippen molar-refractivity contribution in [2.24, 2.45) is 0 Å². The van der Waals surface area contributed by atoms with Gasteiger partial charge in [-0.3, -0.25) is 9.69 Å². The Labute approximate surface area is 182 Å². The highest BCUT2D eigenvalue weighted by Crippen LogP contribution is 2.34. The molecular weight excluding hydrogens is 388 g/mol. The second-order valence-corrected chi connectivity index (χ2v) is 9.09. The predicted molar refractivity (Wildman–Crippen MR) is 121 cm³/mol. The van der Waals surface area contributed by atoms with Crippen molar-refractivity contribution >= 4 is 16.9 Å². The van der Waals surface area contributed by atoms with Gasteiger partial charge in [0.05, 0.1) is 29.2 Å². The smallest absolute Gasteiger partial charge is 0.240 e. The topological polar surface area (TPSA) is 72.5 Å². The van der Waals surface area contributed by atoms with Crippen molar-refractivity contribution in [2.45, 2.75) is 57.8 Å². The van der Waals surface area contributed by atoms with Crippen LogP contribution in [0.25, 0.3) is 11.0 Å². The van der Waals surface area contributed by atoms with Crippen LogP contribution in [0.5, 0.6) is 0 Å². The molecule has 0 spiro atoms. The molecule has 2 aromatic carbocycles. The van der Waals surface area contributed by atoms with Gasteiger partial charge in [-0.25, -0.2) is 4.98 Å². The van der Waals surface area contributed by atoms with Crippen LogP contribution in [0.3, 0.4) is 0 Å². The first kappa shape index (κ1) is 20.2. The van der Waals surface area contributed by atoms with Gasteiger partial charge in [0.2, 0.25) is 5.91 Å². The summed E-state index contributed by atoms with van der Waals surface area (Å²) in [6.45, 7) is 6.15. The second-order valence-electron chi connectivity index (χ2n) is 9.09. The summed E-state index contributed by atoms with van der Waals surface area (Å²) in [6.07, 6.45) is 1.92. The Morgan fingerprint density at radius 1 is 1.19 bits per heavy atom. The molecule has 3 atom stereocenters. The molecule has 1 aromatic heterocycles. The number of carbonyl (C=O) groups is 1. The van der Waals surface area contributed by atoms with Crippen LogP contribution in [-0.2, 0) is 11.3 Å².